The number of nitro benzene ring substituents is 1. The fourth-order valence-electron chi connectivity index (χ4n) is 1.52. The van der Waals surface area contributed by atoms with Crippen molar-refractivity contribution < 1.29 is 28.7 Å². The van der Waals surface area contributed by atoms with Gasteiger partial charge in [-0.1, -0.05) is 33.8 Å². The number of esters is 1. The van der Waals surface area contributed by atoms with E-state index in [1.165, 1.54) is 44.3 Å². The van der Waals surface area contributed by atoms with Gasteiger partial charge in [-0.25, -0.2) is 9.59 Å². The van der Waals surface area contributed by atoms with Crippen LogP contribution in [0.4, 0.5) is 10.5 Å². The smallest absolute Gasteiger partial charge is 0.421 e. The number of aliphatic imine (C=N–C) groups is 1. The summed E-state index contributed by atoms with van der Waals surface area (Å²) in [7, 11) is 1.42. The van der Waals surface area contributed by atoms with Crippen LogP contribution in [-0.4, -0.2) is 36.1 Å². The molecule has 0 aliphatic heterocycles. The number of benzene rings is 1. The van der Waals surface area contributed by atoms with Crippen LogP contribution in [-0.2, 0) is 14.3 Å². The lowest BCUT2D eigenvalue weighted by molar-refractivity contribution is -0.384. The molecular formula is C19H28N2O7. The van der Waals surface area contributed by atoms with E-state index < -0.39 is 23.3 Å². The van der Waals surface area contributed by atoms with Crippen molar-refractivity contribution in [1.82, 2.24) is 0 Å². The highest BCUT2D eigenvalue weighted by Crippen LogP contribution is 2.17. The highest BCUT2D eigenvalue weighted by Gasteiger charge is 2.18. The third-order valence-corrected chi connectivity index (χ3v) is 2.56. The van der Waals surface area contributed by atoms with Crippen LogP contribution in [0.2, 0.25) is 0 Å². The molecule has 0 amide bonds. The summed E-state index contributed by atoms with van der Waals surface area (Å²) in [4.78, 5) is 37.0. The molecule has 0 N–H and O–H groups in total. The first-order valence-electron chi connectivity index (χ1n) is 8.80. The fraction of sp³-hybridized carbons (Fsp3) is 0.421. The van der Waals surface area contributed by atoms with Crippen LogP contribution in [0.1, 0.15) is 41.5 Å². The summed E-state index contributed by atoms with van der Waals surface area (Å²) in [5.74, 6) is -0.708. The van der Waals surface area contributed by atoms with E-state index >= 15 is 0 Å². The van der Waals surface area contributed by atoms with Crippen molar-refractivity contribution in [3.63, 3.8) is 0 Å². The Bertz CT molecular complexity index is 667. The molecule has 9 heteroatoms. The minimum atomic E-state index is -1.20. The zero-order valence-corrected chi connectivity index (χ0v) is 17.3. The zero-order valence-electron chi connectivity index (χ0n) is 17.3. The number of nitrogens with zero attached hydrogens (tertiary/aromatic N) is 2. The second kappa shape index (κ2) is 16.0. The number of rotatable bonds is 6. The highest BCUT2D eigenvalue weighted by atomic mass is 16.8. The molecule has 0 radical (unpaired) electrons. The molecule has 0 heterocycles. The molecule has 0 aliphatic rings. The molecule has 0 saturated carbocycles. The second-order valence-electron chi connectivity index (χ2n) is 4.30. The van der Waals surface area contributed by atoms with Gasteiger partial charge in [0.2, 0.25) is 6.29 Å². The molecule has 1 atom stereocenters. The van der Waals surface area contributed by atoms with Gasteiger partial charge in [0, 0.05) is 26.1 Å². The second-order valence-corrected chi connectivity index (χ2v) is 4.30. The largest absolute Gasteiger partial charge is 0.516 e. The van der Waals surface area contributed by atoms with Crippen LogP contribution in [0, 0.1) is 10.1 Å². The van der Waals surface area contributed by atoms with Crippen molar-refractivity contribution in [1.29, 1.82) is 0 Å². The van der Waals surface area contributed by atoms with E-state index in [0.29, 0.717) is 0 Å². The van der Waals surface area contributed by atoms with Crippen LogP contribution in [0.5, 0.6) is 5.75 Å². The summed E-state index contributed by atoms with van der Waals surface area (Å²) in [6.07, 6.45) is 0.734. The van der Waals surface area contributed by atoms with Gasteiger partial charge in [-0.2, -0.15) is 0 Å². The minimum Gasteiger partial charge on any atom is -0.421 e. The van der Waals surface area contributed by atoms with E-state index in [1.54, 1.807) is 13.0 Å². The average molecular weight is 396 g/mol. The zero-order chi connectivity index (χ0) is 22.1. The molecular weight excluding hydrogens is 368 g/mol. The fourth-order valence-corrected chi connectivity index (χ4v) is 1.52. The molecule has 1 unspecified atom stereocenters. The van der Waals surface area contributed by atoms with Crippen LogP contribution >= 0.6 is 0 Å². The SMILES string of the molecule is C/C=C\C(=NC)C(=O)OC(C)OC(=O)Oc1ccc([N+](=O)[O-])cc1.CC.CC. The van der Waals surface area contributed by atoms with Gasteiger partial charge in [0.1, 0.15) is 11.5 Å². The summed E-state index contributed by atoms with van der Waals surface area (Å²) in [5, 5.41) is 10.5. The van der Waals surface area contributed by atoms with Crippen molar-refractivity contribution >= 4 is 23.5 Å². The number of hydrogen-bond donors (Lipinski definition) is 0. The van der Waals surface area contributed by atoms with E-state index in [2.05, 4.69) is 4.99 Å². The highest BCUT2D eigenvalue weighted by molar-refractivity contribution is 6.41. The number of ether oxygens (including phenoxy) is 3. The van der Waals surface area contributed by atoms with Gasteiger partial charge < -0.3 is 14.2 Å². The van der Waals surface area contributed by atoms with Crippen molar-refractivity contribution in [3.05, 3.63) is 46.5 Å². The summed E-state index contributed by atoms with van der Waals surface area (Å²) in [6.45, 7) is 11.0. The maximum absolute atomic E-state index is 11.7. The molecule has 0 fully saturated rings. The topological polar surface area (TPSA) is 117 Å². The lowest BCUT2D eigenvalue weighted by Gasteiger charge is -2.13. The van der Waals surface area contributed by atoms with Crippen molar-refractivity contribution in [2.75, 3.05) is 7.05 Å². The monoisotopic (exact) mass is 396 g/mol. The van der Waals surface area contributed by atoms with Gasteiger partial charge >= 0.3 is 12.1 Å². The average Bonchev–Trinajstić information content (AvgIpc) is 2.69. The molecule has 0 aromatic heterocycles. The third kappa shape index (κ3) is 10.7. The number of allylic oxidation sites excluding steroid dienone is 1. The van der Waals surface area contributed by atoms with Crippen molar-refractivity contribution in [3.8, 4) is 5.75 Å². The normalized spacial score (nSPS) is 11.2. The molecule has 28 heavy (non-hydrogen) atoms. The van der Waals surface area contributed by atoms with E-state index in [-0.39, 0.29) is 17.1 Å². The van der Waals surface area contributed by atoms with Crippen LogP contribution in [0.15, 0.2) is 41.4 Å². The number of nitro groups is 1. The molecule has 1 rings (SSSR count). The minimum absolute atomic E-state index is 0.0499. The number of non-ortho nitro benzene ring substituents is 1. The molecule has 1 aromatic carbocycles. The van der Waals surface area contributed by atoms with Gasteiger partial charge in [-0.15, -0.1) is 0 Å². The van der Waals surface area contributed by atoms with Crippen LogP contribution < -0.4 is 4.74 Å². The quantitative estimate of drug-likeness (QED) is 0.171. The Morgan fingerprint density at radius 3 is 2.07 bits per heavy atom. The molecule has 0 spiro atoms. The Balaban J connectivity index is 0. The summed E-state index contributed by atoms with van der Waals surface area (Å²) in [5.41, 5.74) is -0.0786. The molecule has 0 aliphatic carbocycles. The van der Waals surface area contributed by atoms with Gasteiger partial charge in [0.25, 0.3) is 5.69 Å². The molecule has 0 saturated heterocycles. The Labute approximate surface area is 165 Å². The van der Waals surface area contributed by atoms with Crippen LogP contribution in [0.25, 0.3) is 0 Å². The summed E-state index contributed by atoms with van der Waals surface area (Å²) >= 11 is 0. The van der Waals surface area contributed by atoms with Crippen molar-refractivity contribution in [2.24, 2.45) is 4.99 Å². The summed E-state index contributed by atoms with van der Waals surface area (Å²) < 4.78 is 14.5. The van der Waals surface area contributed by atoms with Gasteiger partial charge in [0.05, 0.1) is 4.92 Å². The maximum atomic E-state index is 11.7. The number of hydrogen-bond acceptors (Lipinski definition) is 8. The lowest BCUT2D eigenvalue weighted by atomic mass is 10.3. The van der Waals surface area contributed by atoms with Crippen molar-refractivity contribution in [2.45, 2.75) is 47.8 Å². The lowest BCUT2D eigenvalue weighted by Crippen LogP contribution is -2.26. The van der Waals surface area contributed by atoms with E-state index in [0.717, 1.165) is 0 Å². The molecule has 156 valence electrons. The Morgan fingerprint density at radius 1 is 1.11 bits per heavy atom. The van der Waals surface area contributed by atoms with Crippen LogP contribution in [0.3, 0.4) is 0 Å². The third-order valence-electron chi connectivity index (χ3n) is 2.56. The standard InChI is InChI=1S/C15H16N2O7.2C2H6/c1-4-5-13(16-3)14(18)22-10(2)23-15(19)24-12-8-6-11(7-9-12)17(20)21;2*1-2/h4-10H,1-3H3;2*1-2H3/b5-4-,16-13?;;. The first-order valence-corrected chi connectivity index (χ1v) is 8.80. The van der Waals surface area contributed by atoms with E-state index in [9.17, 15) is 19.7 Å². The predicted octanol–water partition coefficient (Wildman–Crippen LogP) is 4.70. The number of carbonyl (C=O) groups excluding carboxylic acids is 2. The van der Waals surface area contributed by atoms with E-state index in [1.807, 2.05) is 27.7 Å². The van der Waals surface area contributed by atoms with E-state index in [4.69, 9.17) is 14.2 Å². The first-order chi connectivity index (χ1) is 13.4. The summed E-state index contributed by atoms with van der Waals surface area (Å²) in [6, 6.07) is 4.83. The molecule has 1 aromatic rings. The maximum Gasteiger partial charge on any atom is 0.516 e. The number of carbonyl (C=O) groups is 2. The Hall–Kier alpha value is -3.23. The molecule has 9 nitrogen and oxygen atoms in total. The van der Waals surface area contributed by atoms with Gasteiger partial charge in [-0.3, -0.25) is 15.1 Å². The Morgan fingerprint density at radius 2 is 1.64 bits per heavy atom. The first kappa shape index (κ1) is 27.0. The predicted molar refractivity (Wildman–Crippen MR) is 107 cm³/mol. The Kier molecular flexibility index (Phi) is 15.4. The van der Waals surface area contributed by atoms with Gasteiger partial charge in [-0.05, 0) is 25.1 Å². The molecule has 0 bridgehead atoms. The van der Waals surface area contributed by atoms with Gasteiger partial charge in [0.15, 0.2) is 0 Å².